The third-order valence-electron chi connectivity index (χ3n) is 5.39. The lowest BCUT2D eigenvalue weighted by Gasteiger charge is -2.28. The number of fused-ring (bicyclic) bond motifs is 1. The van der Waals surface area contributed by atoms with Crippen LogP contribution in [0.2, 0.25) is 0 Å². The van der Waals surface area contributed by atoms with Crippen LogP contribution >= 0.6 is 0 Å². The quantitative estimate of drug-likeness (QED) is 0.404. The normalized spacial score (nSPS) is 13.5. The van der Waals surface area contributed by atoms with E-state index in [1.54, 1.807) is 24.3 Å². The second-order valence-electron chi connectivity index (χ2n) is 7.83. The van der Waals surface area contributed by atoms with Crippen molar-refractivity contribution in [3.63, 3.8) is 0 Å². The van der Waals surface area contributed by atoms with Gasteiger partial charge in [-0.3, -0.25) is 4.98 Å². The fourth-order valence-corrected chi connectivity index (χ4v) is 3.66. The van der Waals surface area contributed by atoms with E-state index in [1.165, 1.54) is 24.3 Å². The molecule has 9 heteroatoms. The molecule has 0 bridgehead atoms. The van der Waals surface area contributed by atoms with Crippen LogP contribution in [0.4, 0.5) is 26.4 Å². The number of halogens is 1. The van der Waals surface area contributed by atoms with Gasteiger partial charge in [0.15, 0.2) is 0 Å². The Bertz CT molecular complexity index is 1290. The molecule has 0 atom stereocenters. The van der Waals surface area contributed by atoms with Gasteiger partial charge in [-0.1, -0.05) is 0 Å². The first kappa shape index (κ1) is 21.6. The first-order valence-electron chi connectivity index (χ1n) is 11.0. The van der Waals surface area contributed by atoms with E-state index in [0.717, 1.165) is 43.0 Å². The molecule has 172 valence electrons. The van der Waals surface area contributed by atoms with Gasteiger partial charge in [0.05, 0.1) is 17.2 Å². The van der Waals surface area contributed by atoms with Crippen molar-refractivity contribution in [1.29, 1.82) is 0 Å². The molecular formula is C25H23FN6O2. The standard InChI is InChI=1S/C25H23FN6O2/c26-17-1-3-18(4-2-17)29-25(33)30-19-5-7-20(8-6-19)34-21-9-10-22-23(15-21)31-24(16-28-22)32-13-11-27-12-14-32/h1-10,15-16,27H,11-14H2,(H2,29,30,33). The van der Waals surface area contributed by atoms with Crippen molar-refractivity contribution in [3.05, 3.63) is 78.7 Å². The number of hydrogen-bond donors (Lipinski definition) is 3. The Kier molecular flexibility index (Phi) is 6.17. The molecular weight excluding hydrogens is 435 g/mol. The molecule has 0 spiro atoms. The van der Waals surface area contributed by atoms with E-state index >= 15 is 0 Å². The summed E-state index contributed by atoms with van der Waals surface area (Å²) in [5, 5.41) is 8.72. The second-order valence-corrected chi connectivity index (χ2v) is 7.83. The van der Waals surface area contributed by atoms with Crippen LogP contribution in [-0.2, 0) is 0 Å². The SMILES string of the molecule is O=C(Nc1ccc(F)cc1)Nc1ccc(Oc2ccc3ncc(N4CCNCC4)nc3c2)cc1. The molecule has 5 rings (SSSR count). The molecule has 2 amide bonds. The first-order valence-corrected chi connectivity index (χ1v) is 11.0. The average Bonchev–Trinajstić information content (AvgIpc) is 2.87. The third-order valence-corrected chi connectivity index (χ3v) is 5.39. The van der Waals surface area contributed by atoms with Gasteiger partial charge >= 0.3 is 6.03 Å². The van der Waals surface area contributed by atoms with E-state index in [4.69, 9.17) is 9.72 Å². The summed E-state index contributed by atoms with van der Waals surface area (Å²) in [5.74, 6) is 1.77. The van der Waals surface area contributed by atoms with Crippen LogP contribution in [0.25, 0.3) is 11.0 Å². The summed E-state index contributed by atoms with van der Waals surface area (Å²) < 4.78 is 19.0. The lowest BCUT2D eigenvalue weighted by molar-refractivity contribution is 0.262. The van der Waals surface area contributed by atoms with Crippen molar-refractivity contribution < 1.29 is 13.9 Å². The molecule has 0 unspecified atom stereocenters. The van der Waals surface area contributed by atoms with Crippen molar-refractivity contribution in [3.8, 4) is 11.5 Å². The number of benzene rings is 3. The Balaban J connectivity index is 1.23. The van der Waals surface area contributed by atoms with E-state index in [-0.39, 0.29) is 5.82 Å². The smallest absolute Gasteiger partial charge is 0.323 e. The molecule has 2 heterocycles. The molecule has 1 aromatic heterocycles. The third kappa shape index (κ3) is 5.21. The maximum absolute atomic E-state index is 13.0. The summed E-state index contributed by atoms with van der Waals surface area (Å²) in [6, 6.07) is 17.7. The Morgan fingerprint density at radius 1 is 0.882 bits per heavy atom. The van der Waals surface area contributed by atoms with Gasteiger partial charge in [-0.2, -0.15) is 0 Å². The summed E-state index contributed by atoms with van der Waals surface area (Å²) in [5.41, 5.74) is 2.66. The number of hydrogen-bond acceptors (Lipinski definition) is 6. The van der Waals surface area contributed by atoms with Crippen LogP contribution in [0.3, 0.4) is 0 Å². The first-order chi connectivity index (χ1) is 16.6. The van der Waals surface area contributed by atoms with E-state index in [0.29, 0.717) is 22.9 Å². The Morgan fingerprint density at radius 2 is 1.53 bits per heavy atom. The lowest BCUT2D eigenvalue weighted by atomic mass is 10.2. The van der Waals surface area contributed by atoms with E-state index in [1.807, 2.05) is 24.4 Å². The largest absolute Gasteiger partial charge is 0.457 e. The molecule has 3 aromatic carbocycles. The molecule has 0 radical (unpaired) electrons. The monoisotopic (exact) mass is 458 g/mol. The zero-order valence-electron chi connectivity index (χ0n) is 18.3. The minimum absolute atomic E-state index is 0.361. The van der Waals surface area contributed by atoms with Gasteiger partial charge < -0.3 is 25.6 Å². The molecule has 34 heavy (non-hydrogen) atoms. The summed E-state index contributed by atoms with van der Waals surface area (Å²) in [4.78, 5) is 23.7. The fourth-order valence-electron chi connectivity index (χ4n) is 3.66. The number of piperazine rings is 1. The topological polar surface area (TPSA) is 91.4 Å². The predicted octanol–water partition coefficient (Wildman–Crippen LogP) is 4.61. The fraction of sp³-hybridized carbons (Fsp3) is 0.160. The van der Waals surface area contributed by atoms with Crippen molar-refractivity contribution in [2.24, 2.45) is 0 Å². The summed E-state index contributed by atoms with van der Waals surface area (Å²) in [7, 11) is 0. The number of amides is 2. The lowest BCUT2D eigenvalue weighted by Crippen LogP contribution is -2.43. The van der Waals surface area contributed by atoms with Gasteiger partial charge in [0.2, 0.25) is 0 Å². The highest BCUT2D eigenvalue weighted by atomic mass is 19.1. The van der Waals surface area contributed by atoms with Crippen molar-refractivity contribution in [1.82, 2.24) is 15.3 Å². The number of urea groups is 1. The maximum atomic E-state index is 13.0. The number of nitrogens with zero attached hydrogens (tertiary/aromatic N) is 3. The number of nitrogens with one attached hydrogen (secondary N) is 3. The van der Waals surface area contributed by atoms with Crippen LogP contribution in [0, 0.1) is 5.82 Å². The summed E-state index contributed by atoms with van der Waals surface area (Å²) in [6.07, 6.45) is 1.81. The molecule has 1 fully saturated rings. The molecule has 8 nitrogen and oxygen atoms in total. The molecule has 1 aliphatic heterocycles. The van der Waals surface area contributed by atoms with Gasteiger partial charge in [-0.05, 0) is 60.7 Å². The Morgan fingerprint density at radius 3 is 2.24 bits per heavy atom. The van der Waals surface area contributed by atoms with Crippen LogP contribution in [-0.4, -0.2) is 42.2 Å². The van der Waals surface area contributed by atoms with Gasteiger partial charge in [0.1, 0.15) is 23.1 Å². The number of rotatable bonds is 5. The molecule has 1 saturated heterocycles. The zero-order chi connectivity index (χ0) is 23.3. The van der Waals surface area contributed by atoms with E-state index in [9.17, 15) is 9.18 Å². The van der Waals surface area contributed by atoms with Gasteiger partial charge in [-0.25, -0.2) is 14.2 Å². The number of carbonyl (C=O) groups excluding carboxylic acids is 1. The highest BCUT2D eigenvalue weighted by Crippen LogP contribution is 2.26. The Labute approximate surface area is 195 Å². The number of carbonyl (C=O) groups is 1. The van der Waals surface area contributed by atoms with Crippen molar-refractivity contribution in [2.75, 3.05) is 41.7 Å². The van der Waals surface area contributed by atoms with Crippen LogP contribution in [0.1, 0.15) is 0 Å². The van der Waals surface area contributed by atoms with E-state index < -0.39 is 6.03 Å². The van der Waals surface area contributed by atoms with Gasteiger partial charge in [-0.15, -0.1) is 0 Å². The average molecular weight is 458 g/mol. The van der Waals surface area contributed by atoms with E-state index in [2.05, 4.69) is 25.8 Å². The zero-order valence-corrected chi connectivity index (χ0v) is 18.3. The second kappa shape index (κ2) is 9.72. The van der Waals surface area contributed by atoms with Crippen LogP contribution in [0.15, 0.2) is 72.9 Å². The highest BCUT2D eigenvalue weighted by molar-refractivity contribution is 5.99. The summed E-state index contributed by atoms with van der Waals surface area (Å²) >= 11 is 0. The van der Waals surface area contributed by atoms with Crippen LogP contribution < -0.4 is 25.6 Å². The van der Waals surface area contributed by atoms with Gasteiger partial charge in [0, 0.05) is 43.6 Å². The number of anilines is 3. The maximum Gasteiger partial charge on any atom is 0.323 e. The molecule has 3 N–H and O–H groups in total. The Hall–Kier alpha value is -4.24. The number of ether oxygens (including phenoxy) is 1. The van der Waals surface area contributed by atoms with Crippen molar-refractivity contribution in [2.45, 2.75) is 0 Å². The number of aromatic nitrogens is 2. The highest BCUT2D eigenvalue weighted by Gasteiger charge is 2.13. The minimum Gasteiger partial charge on any atom is -0.457 e. The summed E-state index contributed by atoms with van der Waals surface area (Å²) in [6.45, 7) is 3.67. The predicted molar refractivity (Wildman–Crippen MR) is 130 cm³/mol. The molecule has 0 saturated carbocycles. The van der Waals surface area contributed by atoms with Crippen molar-refractivity contribution >= 4 is 34.3 Å². The van der Waals surface area contributed by atoms with Crippen LogP contribution in [0.5, 0.6) is 11.5 Å². The molecule has 1 aliphatic rings. The van der Waals surface area contributed by atoms with Gasteiger partial charge in [0.25, 0.3) is 0 Å². The minimum atomic E-state index is -0.423. The molecule has 4 aromatic rings. The molecule has 0 aliphatic carbocycles.